The van der Waals surface area contributed by atoms with Gasteiger partial charge in [0.2, 0.25) is 5.91 Å². The number of piperidine rings is 1. The molecule has 6 nitrogen and oxygen atoms in total. The van der Waals surface area contributed by atoms with Gasteiger partial charge in [0.15, 0.2) is 0 Å². The fourth-order valence-electron chi connectivity index (χ4n) is 3.42. The lowest BCUT2D eigenvalue weighted by atomic mass is 9.85. The molecule has 3 rings (SSSR count). The fraction of sp³-hybridized carbons (Fsp3) is 0.714. The van der Waals surface area contributed by atoms with Crippen LogP contribution in [0.5, 0.6) is 0 Å². The molecule has 1 aromatic heterocycles. The van der Waals surface area contributed by atoms with Gasteiger partial charge in [0.25, 0.3) is 0 Å². The van der Waals surface area contributed by atoms with Crippen LogP contribution in [0.4, 0.5) is 0 Å². The molecule has 1 atom stereocenters. The Hall–Kier alpha value is -1.90. The van der Waals surface area contributed by atoms with Crippen LogP contribution in [0.3, 0.4) is 0 Å². The van der Waals surface area contributed by atoms with Crippen LogP contribution in [0.25, 0.3) is 0 Å². The normalized spacial score (nSPS) is 25.4. The molecule has 106 valence electrons. The van der Waals surface area contributed by atoms with Gasteiger partial charge in [-0.1, -0.05) is 12.8 Å². The molecule has 0 N–H and O–H groups in total. The summed E-state index contributed by atoms with van der Waals surface area (Å²) >= 11 is 0. The van der Waals surface area contributed by atoms with Gasteiger partial charge in [0.1, 0.15) is 18.1 Å². The maximum absolute atomic E-state index is 12.7. The van der Waals surface area contributed by atoms with Crippen LogP contribution in [0, 0.1) is 16.7 Å². The van der Waals surface area contributed by atoms with E-state index in [2.05, 4.69) is 16.2 Å². The van der Waals surface area contributed by atoms with E-state index in [9.17, 15) is 10.1 Å². The van der Waals surface area contributed by atoms with E-state index in [1.165, 1.54) is 6.33 Å². The van der Waals surface area contributed by atoms with E-state index < -0.39 is 5.41 Å². The first-order valence-corrected chi connectivity index (χ1v) is 7.30. The third-order valence-corrected chi connectivity index (χ3v) is 4.57. The van der Waals surface area contributed by atoms with Crippen molar-refractivity contribution in [3.8, 4) is 6.07 Å². The zero-order valence-electron chi connectivity index (χ0n) is 11.5. The van der Waals surface area contributed by atoms with Crippen LogP contribution in [-0.2, 0) is 4.79 Å². The molecule has 0 bridgehead atoms. The van der Waals surface area contributed by atoms with Gasteiger partial charge in [0, 0.05) is 13.1 Å². The van der Waals surface area contributed by atoms with Crippen molar-refractivity contribution in [2.45, 2.75) is 44.6 Å². The van der Waals surface area contributed by atoms with E-state index in [-0.39, 0.29) is 11.9 Å². The van der Waals surface area contributed by atoms with Gasteiger partial charge in [-0.2, -0.15) is 10.4 Å². The van der Waals surface area contributed by atoms with Crippen molar-refractivity contribution >= 4 is 5.91 Å². The van der Waals surface area contributed by atoms with Crippen molar-refractivity contribution in [1.82, 2.24) is 19.7 Å². The van der Waals surface area contributed by atoms with E-state index in [0.717, 1.165) is 32.2 Å². The largest absolute Gasteiger partial charge is 0.339 e. The van der Waals surface area contributed by atoms with Crippen LogP contribution in [-0.4, -0.2) is 38.7 Å². The molecule has 1 amide bonds. The lowest BCUT2D eigenvalue weighted by molar-refractivity contribution is -0.140. The molecule has 1 unspecified atom stereocenters. The Labute approximate surface area is 118 Å². The zero-order chi connectivity index (χ0) is 14.0. The lowest BCUT2D eigenvalue weighted by Gasteiger charge is -2.36. The molecule has 2 fully saturated rings. The summed E-state index contributed by atoms with van der Waals surface area (Å²) in [6, 6.07) is 2.49. The Kier molecular flexibility index (Phi) is 3.43. The SMILES string of the molecule is N#CC1(C(=O)N2CCCC(n3cncn3)C2)CCCC1. The minimum absolute atomic E-state index is 0.0299. The molecule has 0 radical (unpaired) electrons. The second kappa shape index (κ2) is 5.23. The Balaban J connectivity index is 1.74. The molecule has 2 aliphatic rings. The molecule has 1 aliphatic heterocycles. The van der Waals surface area contributed by atoms with Crippen LogP contribution < -0.4 is 0 Å². The van der Waals surface area contributed by atoms with Crippen molar-refractivity contribution in [3.05, 3.63) is 12.7 Å². The molecule has 0 aromatic carbocycles. The zero-order valence-corrected chi connectivity index (χ0v) is 11.5. The first kappa shape index (κ1) is 13.1. The van der Waals surface area contributed by atoms with Gasteiger partial charge >= 0.3 is 0 Å². The predicted molar refractivity (Wildman–Crippen MR) is 71.4 cm³/mol. The van der Waals surface area contributed by atoms with E-state index in [4.69, 9.17) is 0 Å². The van der Waals surface area contributed by atoms with Crippen LogP contribution in [0.15, 0.2) is 12.7 Å². The van der Waals surface area contributed by atoms with Gasteiger partial charge in [-0.05, 0) is 25.7 Å². The highest BCUT2D eigenvalue weighted by Crippen LogP contribution is 2.40. The third-order valence-electron chi connectivity index (χ3n) is 4.57. The smallest absolute Gasteiger partial charge is 0.243 e. The molecule has 1 saturated carbocycles. The quantitative estimate of drug-likeness (QED) is 0.819. The van der Waals surface area contributed by atoms with E-state index in [1.807, 2.05) is 9.58 Å². The van der Waals surface area contributed by atoms with Crippen molar-refractivity contribution in [3.63, 3.8) is 0 Å². The number of carbonyl (C=O) groups excluding carboxylic acids is 1. The number of likely N-dealkylation sites (tertiary alicyclic amines) is 1. The van der Waals surface area contributed by atoms with Crippen molar-refractivity contribution in [1.29, 1.82) is 5.26 Å². The minimum Gasteiger partial charge on any atom is -0.339 e. The molecule has 1 aliphatic carbocycles. The highest BCUT2D eigenvalue weighted by Gasteiger charge is 2.44. The Morgan fingerprint density at radius 3 is 2.80 bits per heavy atom. The van der Waals surface area contributed by atoms with E-state index in [0.29, 0.717) is 19.4 Å². The predicted octanol–water partition coefficient (Wildman–Crippen LogP) is 1.53. The number of nitriles is 1. The van der Waals surface area contributed by atoms with Crippen LogP contribution >= 0.6 is 0 Å². The molecule has 1 saturated heterocycles. The number of hydrogen-bond donors (Lipinski definition) is 0. The van der Waals surface area contributed by atoms with Gasteiger partial charge in [-0.25, -0.2) is 9.67 Å². The highest BCUT2D eigenvalue weighted by atomic mass is 16.2. The summed E-state index contributed by atoms with van der Waals surface area (Å²) in [7, 11) is 0. The molecular weight excluding hydrogens is 254 g/mol. The Morgan fingerprint density at radius 1 is 1.35 bits per heavy atom. The van der Waals surface area contributed by atoms with Gasteiger partial charge in [-0.15, -0.1) is 0 Å². The monoisotopic (exact) mass is 273 g/mol. The van der Waals surface area contributed by atoms with Crippen LogP contribution in [0.1, 0.15) is 44.6 Å². The van der Waals surface area contributed by atoms with Crippen molar-refractivity contribution in [2.24, 2.45) is 5.41 Å². The Bertz CT molecular complexity index is 512. The summed E-state index contributed by atoms with van der Waals surface area (Å²) in [5.74, 6) is 0.0299. The molecule has 20 heavy (non-hydrogen) atoms. The number of carbonyl (C=O) groups is 1. The van der Waals surface area contributed by atoms with Crippen molar-refractivity contribution in [2.75, 3.05) is 13.1 Å². The lowest BCUT2D eigenvalue weighted by Crippen LogP contribution is -2.47. The second-order valence-electron chi connectivity index (χ2n) is 5.82. The maximum atomic E-state index is 12.7. The summed E-state index contributed by atoms with van der Waals surface area (Å²) in [5, 5.41) is 13.6. The second-order valence-corrected chi connectivity index (χ2v) is 5.82. The Morgan fingerprint density at radius 2 is 2.15 bits per heavy atom. The average Bonchev–Trinajstić information content (AvgIpc) is 3.18. The number of rotatable bonds is 2. The minimum atomic E-state index is -0.760. The standard InChI is InChI=1S/C14H19N5O/c15-9-14(5-1-2-6-14)13(20)18-7-3-4-12(8-18)19-11-16-10-17-19/h10-12H,1-8H2. The summed E-state index contributed by atoms with van der Waals surface area (Å²) in [6.07, 6.45) is 8.59. The molecular formula is C14H19N5O. The van der Waals surface area contributed by atoms with Gasteiger partial charge in [0.05, 0.1) is 12.1 Å². The molecule has 0 spiro atoms. The first-order valence-electron chi connectivity index (χ1n) is 7.30. The number of amides is 1. The third kappa shape index (κ3) is 2.17. The summed E-state index contributed by atoms with van der Waals surface area (Å²) in [4.78, 5) is 18.6. The topological polar surface area (TPSA) is 74.8 Å². The number of hydrogen-bond acceptors (Lipinski definition) is 4. The molecule has 1 aromatic rings. The average molecular weight is 273 g/mol. The highest BCUT2D eigenvalue weighted by molar-refractivity contribution is 5.86. The van der Waals surface area contributed by atoms with Gasteiger partial charge < -0.3 is 4.90 Å². The van der Waals surface area contributed by atoms with E-state index >= 15 is 0 Å². The van der Waals surface area contributed by atoms with Crippen LogP contribution in [0.2, 0.25) is 0 Å². The first-order chi connectivity index (χ1) is 9.75. The maximum Gasteiger partial charge on any atom is 0.243 e. The van der Waals surface area contributed by atoms with Crippen molar-refractivity contribution < 1.29 is 4.79 Å². The summed E-state index contributed by atoms with van der Waals surface area (Å²) in [5.41, 5.74) is -0.760. The molecule has 2 heterocycles. The number of aromatic nitrogens is 3. The number of nitrogens with zero attached hydrogens (tertiary/aromatic N) is 5. The molecule has 6 heteroatoms. The fourth-order valence-corrected chi connectivity index (χ4v) is 3.42. The summed E-state index contributed by atoms with van der Waals surface area (Å²) in [6.45, 7) is 1.40. The van der Waals surface area contributed by atoms with Gasteiger partial charge in [-0.3, -0.25) is 4.79 Å². The van der Waals surface area contributed by atoms with E-state index in [1.54, 1.807) is 6.33 Å². The summed E-state index contributed by atoms with van der Waals surface area (Å²) < 4.78 is 1.83.